The van der Waals surface area contributed by atoms with Crippen LogP contribution in [0.5, 0.6) is 0 Å². The van der Waals surface area contributed by atoms with Crippen LogP contribution in [0.15, 0.2) is 22.8 Å². The molecule has 94 valence electrons. The lowest BCUT2D eigenvalue weighted by atomic mass is 9.80. The Morgan fingerprint density at radius 3 is 2.71 bits per heavy atom. The van der Waals surface area contributed by atoms with E-state index in [9.17, 15) is 0 Å². The second kappa shape index (κ2) is 6.60. The third kappa shape index (κ3) is 3.85. The van der Waals surface area contributed by atoms with Crippen LogP contribution in [0.4, 0.5) is 5.82 Å². The van der Waals surface area contributed by atoms with E-state index in [0.29, 0.717) is 11.8 Å². The van der Waals surface area contributed by atoms with Crippen LogP contribution >= 0.6 is 27.5 Å². The minimum atomic E-state index is 0.674. The number of halogens is 2. The molecule has 1 saturated carbocycles. The van der Waals surface area contributed by atoms with Crippen LogP contribution in [0.2, 0.25) is 0 Å². The van der Waals surface area contributed by atoms with E-state index < -0.39 is 0 Å². The van der Waals surface area contributed by atoms with Gasteiger partial charge in [-0.3, -0.25) is 0 Å². The van der Waals surface area contributed by atoms with Gasteiger partial charge in [-0.1, -0.05) is 12.8 Å². The first-order chi connectivity index (χ1) is 8.29. The van der Waals surface area contributed by atoms with Crippen molar-refractivity contribution in [3.63, 3.8) is 0 Å². The molecule has 1 aliphatic rings. The monoisotopic (exact) mass is 316 g/mol. The van der Waals surface area contributed by atoms with Crippen LogP contribution in [0.1, 0.15) is 25.7 Å². The summed E-state index contributed by atoms with van der Waals surface area (Å²) in [5, 5.41) is 3.42. The summed E-state index contributed by atoms with van der Waals surface area (Å²) >= 11 is 9.41. The fourth-order valence-corrected chi connectivity index (χ4v) is 3.11. The van der Waals surface area contributed by atoms with Gasteiger partial charge in [0.25, 0.3) is 0 Å². The fourth-order valence-electron chi connectivity index (χ4n) is 2.47. The average molecular weight is 318 g/mol. The van der Waals surface area contributed by atoms with Gasteiger partial charge in [0.1, 0.15) is 5.82 Å². The van der Waals surface area contributed by atoms with Gasteiger partial charge in [-0.2, -0.15) is 0 Å². The Bertz CT molecular complexity index is 342. The van der Waals surface area contributed by atoms with Gasteiger partial charge in [-0.25, -0.2) is 4.98 Å². The van der Waals surface area contributed by atoms with E-state index >= 15 is 0 Å². The molecule has 1 aromatic heterocycles. The van der Waals surface area contributed by atoms with Crippen molar-refractivity contribution < 1.29 is 0 Å². The highest BCUT2D eigenvalue weighted by molar-refractivity contribution is 9.10. The van der Waals surface area contributed by atoms with E-state index in [1.54, 1.807) is 0 Å². The molecule has 17 heavy (non-hydrogen) atoms. The maximum absolute atomic E-state index is 6.03. The van der Waals surface area contributed by atoms with E-state index in [4.69, 9.17) is 11.6 Å². The number of anilines is 1. The van der Waals surface area contributed by atoms with Crippen molar-refractivity contribution in [2.45, 2.75) is 25.7 Å². The highest BCUT2D eigenvalue weighted by Crippen LogP contribution is 2.30. The van der Waals surface area contributed by atoms with Crippen molar-refractivity contribution in [1.82, 2.24) is 4.98 Å². The number of hydrogen-bond donors (Lipinski definition) is 1. The molecule has 0 radical (unpaired) electrons. The molecule has 0 amide bonds. The number of alkyl halides is 1. The van der Waals surface area contributed by atoms with E-state index in [-0.39, 0.29) is 0 Å². The Hall–Kier alpha value is -0.280. The predicted octanol–water partition coefficient (Wildman–Crippen LogP) is 4.30. The van der Waals surface area contributed by atoms with Crippen molar-refractivity contribution in [3.8, 4) is 0 Å². The van der Waals surface area contributed by atoms with Gasteiger partial charge < -0.3 is 5.32 Å². The van der Waals surface area contributed by atoms with Crippen LogP contribution in [-0.2, 0) is 0 Å². The Balaban J connectivity index is 1.86. The Kier molecular flexibility index (Phi) is 5.11. The second-order valence-electron chi connectivity index (χ2n) is 4.70. The topological polar surface area (TPSA) is 24.9 Å². The standard InChI is InChI=1S/C13H18BrClN2/c14-12-5-6-13(17-9-12)16-8-11-4-2-1-3-10(11)7-15/h5-6,9-11H,1-4,7-8H2,(H,16,17). The maximum Gasteiger partial charge on any atom is 0.125 e. The summed E-state index contributed by atoms with van der Waals surface area (Å²) in [7, 11) is 0. The molecular weight excluding hydrogens is 300 g/mol. The lowest BCUT2D eigenvalue weighted by Gasteiger charge is -2.30. The molecule has 2 rings (SSSR count). The molecule has 0 saturated heterocycles. The summed E-state index contributed by atoms with van der Waals surface area (Å²) < 4.78 is 1.01. The zero-order valence-corrected chi connectivity index (χ0v) is 12.2. The van der Waals surface area contributed by atoms with Crippen molar-refractivity contribution in [3.05, 3.63) is 22.8 Å². The fraction of sp³-hybridized carbons (Fsp3) is 0.615. The molecule has 1 heterocycles. The summed E-state index contributed by atoms with van der Waals surface area (Å²) in [4.78, 5) is 4.32. The number of hydrogen-bond acceptors (Lipinski definition) is 2. The van der Waals surface area contributed by atoms with E-state index in [1.807, 2.05) is 18.3 Å². The van der Waals surface area contributed by atoms with Crippen molar-refractivity contribution in [2.75, 3.05) is 17.7 Å². The predicted molar refractivity (Wildman–Crippen MR) is 76.6 cm³/mol. The second-order valence-corrected chi connectivity index (χ2v) is 5.93. The van der Waals surface area contributed by atoms with Gasteiger partial charge in [-0.05, 0) is 52.7 Å². The number of nitrogens with one attached hydrogen (secondary N) is 1. The van der Waals surface area contributed by atoms with Crippen LogP contribution in [0.25, 0.3) is 0 Å². The minimum Gasteiger partial charge on any atom is -0.370 e. The SMILES string of the molecule is ClCC1CCCCC1CNc1ccc(Br)cn1. The lowest BCUT2D eigenvalue weighted by molar-refractivity contribution is 0.272. The number of aromatic nitrogens is 1. The molecule has 1 aromatic rings. The molecular formula is C13H18BrClN2. The quantitative estimate of drug-likeness (QED) is 0.837. The third-order valence-electron chi connectivity index (χ3n) is 3.54. The van der Waals surface area contributed by atoms with Gasteiger partial charge in [0.2, 0.25) is 0 Å². The summed E-state index contributed by atoms with van der Waals surface area (Å²) in [5.41, 5.74) is 0. The summed E-state index contributed by atoms with van der Waals surface area (Å²) in [6.07, 6.45) is 7.07. The van der Waals surface area contributed by atoms with E-state index in [1.165, 1.54) is 25.7 Å². The van der Waals surface area contributed by atoms with E-state index in [0.717, 1.165) is 22.7 Å². The van der Waals surface area contributed by atoms with Crippen LogP contribution < -0.4 is 5.32 Å². The lowest BCUT2D eigenvalue weighted by Crippen LogP contribution is -2.27. The molecule has 2 nitrogen and oxygen atoms in total. The Labute approximate surface area is 116 Å². The van der Waals surface area contributed by atoms with Crippen molar-refractivity contribution in [2.24, 2.45) is 11.8 Å². The van der Waals surface area contributed by atoms with Crippen LogP contribution in [-0.4, -0.2) is 17.4 Å². The molecule has 1 aliphatic carbocycles. The molecule has 2 unspecified atom stereocenters. The van der Waals surface area contributed by atoms with Crippen molar-refractivity contribution in [1.29, 1.82) is 0 Å². The molecule has 1 fully saturated rings. The number of rotatable bonds is 4. The minimum absolute atomic E-state index is 0.674. The first kappa shape index (κ1) is 13.2. The summed E-state index contributed by atoms with van der Waals surface area (Å²) in [5.74, 6) is 3.12. The molecule has 2 atom stereocenters. The zero-order valence-electron chi connectivity index (χ0n) is 9.83. The zero-order chi connectivity index (χ0) is 12.1. The van der Waals surface area contributed by atoms with E-state index in [2.05, 4.69) is 26.2 Å². The molecule has 0 aliphatic heterocycles. The smallest absolute Gasteiger partial charge is 0.125 e. The summed E-state index contributed by atoms with van der Waals surface area (Å²) in [6, 6.07) is 4.01. The molecule has 1 N–H and O–H groups in total. The van der Waals surface area contributed by atoms with Gasteiger partial charge in [0, 0.05) is 23.1 Å². The maximum atomic E-state index is 6.03. The highest BCUT2D eigenvalue weighted by Gasteiger charge is 2.23. The normalized spacial score (nSPS) is 24.6. The van der Waals surface area contributed by atoms with Gasteiger partial charge >= 0.3 is 0 Å². The number of nitrogens with zero attached hydrogens (tertiary/aromatic N) is 1. The third-order valence-corrected chi connectivity index (χ3v) is 4.40. The molecule has 4 heteroatoms. The van der Waals surface area contributed by atoms with Gasteiger partial charge in [0.15, 0.2) is 0 Å². The number of pyridine rings is 1. The summed E-state index contributed by atoms with van der Waals surface area (Å²) in [6.45, 7) is 0.992. The highest BCUT2D eigenvalue weighted by atomic mass is 79.9. The first-order valence-electron chi connectivity index (χ1n) is 6.21. The van der Waals surface area contributed by atoms with Crippen LogP contribution in [0, 0.1) is 11.8 Å². The average Bonchev–Trinajstić information content (AvgIpc) is 2.38. The van der Waals surface area contributed by atoms with Crippen molar-refractivity contribution >= 4 is 33.3 Å². The van der Waals surface area contributed by atoms with Gasteiger partial charge in [-0.15, -0.1) is 11.6 Å². The Morgan fingerprint density at radius 2 is 2.06 bits per heavy atom. The molecule has 0 aromatic carbocycles. The molecule has 0 spiro atoms. The van der Waals surface area contributed by atoms with Crippen LogP contribution in [0.3, 0.4) is 0 Å². The first-order valence-corrected chi connectivity index (χ1v) is 7.53. The largest absolute Gasteiger partial charge is 0.370 e. The Morgan fingerprint density at radius 1 is 1.29 bits per heavy atom. The molecule has 0 bridgehead atoms. The van der Waals surface area contributed by atoms with Gasteiger partial charge in [0.05, 0.1) is 0 Å².